The number of aliphatic hydroxyl groups excluding tert-OH is 1. The van der Waals surface area contributed by atoms with Crippen molar-refractivity contribution < 1.29 is 23.4 Å². The summed E-state index contributed by atoms with van der Waals surface area (Å²) in [6.45, 7) is 1.74. The Morgan fingerprint density at radius 2 is 2.07 bits per heavy atom. The van der Waals surface area contributed by atoms with Crippen molar-refractivity contribution in [3.8, 4) is 5.75 Å². The summed E-state index contributed by atoms with van der Waals surface area (Å²) in [5.74, 6) is 0.423. The van der Waals surface area contributed by atoms with Crippen LogP contribution in [0, 0.1) is 12.7 Å². The first-order valence-corrected chi connectivity index (χ1v) is 8.84. The molecule has 27 heavy (non-hydrogen) atoms. The number of furan rings is 1. The normalized spacial score (nSPS) is 14.9. The van der Waals surface area contributed by atoms with Crippen molar-refractivity contribution in [1.29, 1.82) is 0 Å². The fourth-order valence-electron chi connectivity index (χ4n) is 3.12. The molecule has 1 heterocycles. The van der Waals surface area contributed by atoms with E-state index in [1.54, 1.807) is 43.3 Å². The lowest BCUT2D eigenvalue weighted by Crippen LogP contribution is -2.39. The summed E-state index contributed by atoms with van der Waals surface area (Å²) in [4.78, 5) is 12.7. The van der Waals surface area contributed by atoms with Crippen LogP contribution in [0.5, 0.6) is 5.75 Å². The van der Waals surface area contributed by atoms with Crippen molar-refractivity contribution in [1.82, 2.24) is 5.32 Å². The quantitative estimate of drug-likeness (QED) is 0.695. The van der Waals surface area contributed by atoms with Crippen LogP contribution in [0.4, 0.5) is 4.39 Å². The molecule has 0 bridgehead atoms. The number of rotatable bonds is 6. The number of nitrogens with one attached hydrogen (secondary N) is 1. The highest BCUT2D eigenvalue weighted by molar-refractivity contribution is 6.07. The van der Waals surface area contributed by atoms with Gasteiger partial charge in [0, 0.05) is 10.9 Å². The molecule has 3 aromatic rings. The van der Waals surface area contributed by atoms with E-state index in [0.29, 0.717) is 33.6 Å². The van der Waals surface area contributed by atoms with Crippen molar-refractivity contribution in [2.75, 3.05) is 6.61 Å². The van der Waals surface area contributed by atoms with Gasteiger partial charge in [-0.1, -0.05) is 18.2 Å². The number of hydrogen-bond acceptors (Lipinski definition) is 4. The molecular formula is C21H20FNO4. The van der Waals surface area contributed by atoms with Gasteiger partial charge in [0.2, 0.25) is 0 Å². The topological polar surface area (TPSA) is 71.7 Å². The Bertz CT molecular complexity index is 1010. The minimum Gasteiger partial charge on any atom is -0.489 e. The molecule has 0 atom stereocenters. The molecule has 140 valence electrons. The smallest absolute Gasteiger partial charge is 0.255 e. The van der Waals surface area contributed by atoms with E-state index in [9.17, 15) is 14.3 Å². The van der Waals surface area contributed by atoms with E-state index < -0.39 is 5.54 Å². The Morgan fingerprint density at radius 3 is 2.78 bits per heavy atom. The maximum absolute atomic E-state index is 13.7. The van der Waals surface area contributed by atoms with Crippen LogP contribution in [-0.4, -0.2) is 23.2 Å². The van der Waals surface area contributed by atoms with Crippen molar-refractivity contribution in [3.63, 3.8) is 0 Å². The first-order chi connectivity index (χ1) is 13.0. The van der Waals surface area contributed by atoms with E-state index in [0.717, 1.165) is 12.8 Å². The lowest BCUT2D eigenvalue weighted by molar-refractivity contribution is 0.0906. The molecular weight excluding hydrogens is 349 g/mol. The first-order valence-electron chi connectivity index (χ1n) is 8.84. The zero-order valence-electron chi connectivity index (χ0n) is 14.9. The van der Waals surface area contributed by atoms with Crippen LogP contribution in [0.1, 0.15) is 34.5 Å². The van der Waals surface area contributed by atoms with E-state index in [2.05, 4.69) is 5.32 Å². The van der Waals surface area contributed by atoms with Gasteiger partial charge in [-0.25, -0.2) is 4.39 Å². The fourth-order valence-corrected chi connectivity index (χ4v) is 3.12. The summed E-state index contributed by atoms with van der Waals surface area (Å²) in [7, 11) is 0. The maximum atomic E-state index is 13.7. The second-order valence-electron chi connectivity index (χ2n) is 6.96. The van der Waals surface area contributed by atoms with Crippen molar-refractivity contribution in [2.24, 2.45) is 0 Å². The number of aryl methyl sites for hydroxylation is 1. The Balaban J connectivity index is 1.59. The average molecular weight is 369 g/mol. The molecule has 1 amide bonds. The van der Waals surface area contributed by atoms with Crippen LogP contribution >= 0.6 is 0 Å². The van der Waals surface area contributed by atoms with Crippen LogP contribution in [0.3, 0.4) is 0 Å². The average Bonchev–Trinajstić information content (AvgIpc) is 3.34. The lowest BCUT2D eigenvalue weighted by Gasteiger charge is -2.14. The second kappa shape index (κ2) is 6.70. The molecule has 6 heteroatoms. The second-order valence-corrected chi connectivity index (χ2v) is 6.96. The number of hydrogen-bond donors (Lipinski definition) is 2. The molecule has 4 rings (SSSR count). The lowest BCUT2D eigenvalue weighted by atomic mass is 10.1. The summed E-state index contributed by atoms with van der Waals surface area (Å²) in [5.41, 5.74) is 0.954. The Hall–Kier alpha value is -2.86. The van der Waals surface area contributed by atoms with E-state index >= 15 is 0 Å². The maximum Gasteiger partial charge on any atom is 0.255 e. The SMILES string of the molecule is Cc1oc2ccc(OCc3ccccc3F)cc2c1C(=O)NC1(CO)CC1. The molecule has 1 aliphatic carbocycles. The monoisotopic (exact) mass is 369 g/mol. The third kappa shape index (κ3) is 3.40. The standard InChI is InChI=1S/C21H20FNO4/c1-13-19(20(25)23-21(12-24)8-9-21)16-10-15(6-7-18(16)27-13)26-11-14-4-2-3-5-17(14)22/h2-7,10,24H,8-9,11-12H2,1H3,(H,23,25). The summed E-state index contributed by atoms with van der Waals surface area (Å²) in [6, 6.07) is 11.6. The Labute approximate surface area is 155 Å². The van der Waals surface area contributed by atoms with Crippen molar-refractivity contribution in [2.45, 2.75) is 31.9 Å². The number of fused-ring (bicyclic) bond motifs is 1. The Kier molecular flexibility index (Phi) is 4.36. The highest BCUT2D eigenvalue weighted by Gasteiger charge is 2.44. The summed E-state index contributed by atoms with van der Waals surface area (Å²) < 4.78 is 25.1. The highest BCUT2D eigenvalue weighted by Crippen LogP contribution is 2.36. The van der Waals surface area contributed by atoms with E-state index in [1.807, 2.05) is 0 Å². The number of benzene rings is 2. The summed E-state index contributed by atoms with van der Waals surface area (Å²) in [5, 5.41) is 13.0. The molecule has 0 spiro atoms. The third-order valence-electron chi connectivity index (χ3n) is 4.95. The van der Waals surface area contributed by atoms with E-state index in [1.165, 1.54) is 6.07 Å². The van der Waals surface area contributed by atoms with Crippen molar-refractivity contribution >= 4 is 16.9 Å². The largest absolute Gasteiger partial charge is 0.489 e. The van der Waals surface area contributed by atoms with Crippen LogP contribution < -0.4 is 10.1 Å². The van der Waals surface area contributed by atoms with Gasteiger partial charge < -0.3 is 19.6 Å². The van der Waals surface area contributed by atoms with Gasteiger partial charge in [0.05, 0.1) is 17.7 Å². The molecule has 1 fully saturated rings. The number of halogens is 1. The van der Waals surface area contributed by atoms with Gasteiger partial charge in [-0.2, -0.15) is 0 Å². The summed E-state index contributed by atoms with van der Waals surface area (Å²) >= 11 is 0. The predicted molar refractivity (Wildman–Crippen MR) is 98.2 cm³/mol. The molecule has 2 aromatic carbocycles. The minimum absolute atomic E-state index is 0.0788. The number of amides is 1. The third-order valence-corrected chi connectivity index (χ3v) is 4.95. The van der Waals surface area contributed by atoms with E-state index in [4.69, 9.17) is 9.15 Å². The van der Waals surface area contributed by atoms with E-state index in [-0.39, 0.29) is 24.9 Å². The zero-order chi connectivity index (χ0) is 19.0. The zero-order valence-corrected chi connectivity index (χ0v) is 14.9. The molecule has 0 aliphatic heterocycles. The fraction of sp³-hybridized carbons (Fsp3) is 0.286. The number of carbonyl (C=O) groups excluding carboxylic acids is 1. The molecule has 0 unspecified atom stereocenters. The first kappa shape index (κ1) is 17.5. The predicted octanol–water partition coefficient (Wildman–Crippen LogP) is 3.71. The van der Waals surface area contributed by atoms with Crippen LogP contribution in [-0.2, 0) is 6.61 Å². The molecule has 1 saturated carbocycles. The van der Waals surface area contributed by atoms with Gasteiger partial charge in [0.1, 0.15) is 29.5 Å². The van der Waals surface area contributed by atoms with Gasteiger partial charge in [-0.15, -0.1) is 0 Å². The number of ether oxygens (including phenoxy) is 1. The molecule has 5 nitrogen and oxygen atoms in total. The molecule has 2 N–H and O–H groups in total. The molecule has 1 aromatic heterocycles. The summed E-state index contributed by atoms with van der Waals surface area (Å²) in [6.07, 6.45) is 1.53. The van der Waals surface area contributed by atoms with Gasteiger partial charge in [-0.3, -0.25) is 4.79 Å². The van der Waals surface area contributed by atoms with Gasteiger partial charge in [-0.05, 0) is 44.0 Å². The van der Waals surface area contributed by atoms with Gasteiger partial charge >= 0.3 is 0 Å². The van der Waals surface area contributed by atoms with Gasteiger partial charge in [0.25, 0.3) is 5.91 Å². The van der Waals surface area contributed by atoms with Crippen LogP contribution in [0.2, 0.25) is 0 Å². The number of aliphatic hydroxyl groups is 1. The highest BCUT2D eigenvalue weighted by atomic mass is 19.1. The molecule has 0 radical (unpaired) electrons. The number of carbonyl (C=O) groups is 1. The van der Waals surface area contributed by atoms with Crippen LogP contribution in [0.25, 0.3) is 11.0 Å². The molecule has 0 saturated heterocycles. The Morgan fingerprint density at radius 1 is 1.30 bits per heavy atom. The van der Waals surface area contributed by atoms with Gasteiger partial charge in [0.15, 0.2) is 0 Å². The molecule has 1 aliphatic rings. The van der Waals surface area contributed by atoms with Crippen molar-refractivity contribution in [3.05, 3.63) is 65.2 Å². The minimum atomic E-state index is -0.508. The van der Waals surface area contributed by atoms with Crippen LogP contribution in [0.15, 0.2) is 46.9 Å².